The standard InChI is InChI=1S/C20H21N3OS/c21-16-5-3-4-14(12-16)13-19(24)23-10-8-15(9-11-23)20-22-17-6-1-2-7-18(17)25-20/h1-7,12,15H,8-11,13,21H2. The summed E-state index contributed by atoms with van der Waals surface area (Å²) in [6.45, 7) is 1.61. The Morgan fingerprint density at radius 1 is 1.16 bits per heavy atom. The number of hydrogen-bond donors (Lipinski definition) is 1. The van der Waals surface area contributed by atoms with E-state index in [1.54, 1.807) is 11.3 Å². The number of benzene rings is 2. The maximum absolute atomic E-state index is 12.5. The molecular weight excluding hydrogens is 330 g/mol. The number of aromatic nitrogens is 1. The molecule has 1 fully saturated rings. The van der Waals surface area contributed by atoms with Crippen molar-refractivity contribution in [3.05, 3.63) is 59.1 Å². The van der Waals surface area contributed by atoms with Crippen LogP contribution >= 0.6 is 11.3 Å². The number of anilines is 1. The van der Waals surface area contributed by atoms with E-state index in [0.29, 0.717) is 18.0 Å². The van der Waals surface area contributed by atoms with Crippen LogP contribution in [-0.2, 0) is 11.2 Å². The Hall–Kier alpha value is -2.40. The largest absolute Gasteiger partial charge is 0.399 e. The average Bonchev–Trinajstić information content (AvgIpc) is 3.06. The van der Waals surface area contributed by atoms with Crippen molar-refractivity contribution in [2.45, 2.75) is 25.2 Å². The Kier molecular flexibility index (Phi) is 4.40. The summed E-state index contributed by atoms with van der Waals surface area (Å²) in [7, 11) is 0. The highest BCUT2D eigenvalue weighted by molar-refractivity contribution is 7.18. The van der Waals surface area contributed by atoms with Gasteiger partial charge in [-0.2, -0.15) is 0 Å². The van der Waals surface area contributed by atoms with Crippen molar-refractivity contribution in [1.29, 1.82) is 0 Å². The van der Waals surface area contributed by atoms with Crippen LogP contribution in [0.15, 0.2) is 48.5 Å². The summed E-state index contributed by atoms with van der Waals surface area (Å²) in [5.74, 6) is 0.655. The quantitative estimate of drug-likeness (QED) is 0.730. The fourth-order valence-electron chi connectivity index (χ4n) is 3.43. The number of rotatable bonds is 3. The molecule has 1 aromatic heterocycles. The van der Waals surface area contributed by atoms with E-state index < -0.39 is 0 Å². The highest BCUT2D eigenvalue weighted by atomic mass is 32.1. The lowest BCUT2D eigenvalue weighted by Gasteiger charge is -2.31. The summed E-state index contributed by atoms with van der Waals surface area (Å²) in [5, 5.41) is 1.21. The summed E-state index contributed by atoms with van der Waals surface area (Å²) < 4.78 is 1.25. The van der Waals surface area contributed by atoms with Crippen molar-refractivity contribution >= 4 is 33.1 Å². The molecule has 1 amide bonds. The highest BCUT2D eigenvalue weighted by Crippen LogP contribution is 2.33. The van der Waals surface area contributed by atoms with E-state index >= 15 is 0 Å². The second-order valence-electron chi connectivity index (χ2n) is 6.60. The van der Waals surface area contributed by atoms with Crippen LogP contribution in [0.25, 0.3) is 10.2 Å². The molecular formula is C20H21N3OS. The van der Waals surface area contributed by atoms with Gasteiger partial charge in [0, 0.05) is 24.7 Å². The smallest absolute Gasteiger partial charge is 0.226 e. The number of amides is 1. The lowest BCUT2D eigenvalue weighted by atomic mass is 9.97. The molecule has 0 spiro atoms. The number of nitrogen functional groups attached to an aromatic ring is 1. The fourth-order valence-corrected chi connectivity index (χ4v) is 4.57. The summed E-state index contributed by atoms with van der Waals surface area (Å²) >= 11 is 1.79. The first-order valence-electron chi connectivity index (χ1n) is 8.67. The highest BCUT2D eigenvalue weighted by Gasteiger charge is 2.25. The lowest BCUT2D eigenvalue weighted by molar-refractivity contribution is -0.131. The van der Waals surface area contributed by atoms with Crippen LogP contribution in [0.2, 0.25) is 0 Å². The third-order valence-corrected chi connectivity index (χ3v) is 6.01. The number of carbonyl (C=O) groups excluding carboxylic acids is 1. The Morgan fingerprint density at radius 2 is 1.96 bits per heavy atom. The van der Waals surface area contributed by atoms with Crippen LogP contribution in [0.5, 0.6) is 0 Å². The van der Waals surface area contributed by atoms with Crippen molar-refractivity contribution in [2.75, 3.05) is 18.8 Å². The molecule has 4 nitrogen and oxygen atoms in total. The van der Waals surface area contributed by atoms with E-state index in [4.69, 9.17) is 10.7 Å². The third-order valence-electron chi connectivity index (χ3n) is 4.81. The maximum Gasteiger partial charge on any atom is 0.226 e. The molecule has 0 radical (unpaired) electrons. The molecule has 5 heteroatoms. The van der Waals surface area contributed by atoms with Gasteiger partial charge in [-0.25, -0.2) is 4.98 Å². The van der Waals surface area contributed by atoms with Gasteiger partial charge in [0.2, 0.25) is 5.91 Å². The molecule has 0 saturated carbocycles. The van der Waals surface area contributed by atoms with Crippen molar-refractivity contribution in [2.24, 2.45) is 0 Å². The zero-order valence-electron chi connectivity index (χ0n) is 14.0. The van der Waals surface area contributed by atoms with Crippen LogP contribution in [-0.4, -0.2) is 28.9 Å². The van der Waals surface area contributed by atoms with E-state index in [0.717, 1.165) is 37.0 Å². The Morgan fingerprint density at radius 3 is 2.72 bits per heavy atom. The topological polar surface area (TPSA) is 59.2 Å². The number of likely N-dealkylation sites (tertiary alicyclic amines) is 1. The summed E-state index contributed by atoms with van der Waals surface area (Å²) in [6, 6.07) is 15.9. The molecule has 2 heterocycles. The van der Waals surface area contributed by atoms with Crippen LogP contribution in [0.3, 0.4) is 0 Å². The number of para-hydroxylation sites is 1. The summed E-state index contributed by atoms with van der Waals surface area (Å²) in [4.78, 5) is 19.3. The summed E-state index contributed by atoms with van der Waals surface area (Å²) in [5.41, 5.74) is 8.58. The van der Waals surface area contributed by atoms with Crippen LogP contribution in [0.1, 0.15) is 29.3 Å². The molecule has 4 rings (SSSR count). The molecule has 25 heavy (non-hydrogen) atoms. The van der Waals surface area contributed by atoms with Crippen LogP contribution < -0.4 is 5.73 Å². The number of hydrogen-bond acceptors (Lipinski definition) is 4. The van der Waals surface area contributed by atoms with Gasteiger partial charge < -0.3 is 10.6 Å². The normalized spacial score (nSPS) is 15.6. The first-order chi connectivity index (χ1) is 12.2. The van der Waals surface area contributed by atoms with Gasteiger partial charge in [0.25, 0.3) is 0 Å². The Balaban J connectivity index is 1.38. The van der Waals surface area contributed by atoms with Crippen molar-refractivity contribution in [1.82, 2.24) is 9.88 Å². The van der Waals surface area contributed by atoms with Gasteiger partial charge in [0.1, 0.15) is 0 Å². The predicted octanol–water partition coefficient (Wildman–Crippen LogP) is 3.83. The van der Waals surface area contributed by atoms with E-state index in [1.165, 1.54) is 9.71 Å². The zero-order valence-corrected chi connectivity index (χ0v) is 14.8. The molecule has 1 aliphatic rings. The van der Waals surface area contributed by atoms with Gasteiger partial charge >= 0.3 is 0 Å². The minimum atomic E-state index is 0.188. The molecule has 2 aromatic carbocycles. The van der Waals surface area contributed by atoms with Crippen molar-refractivity contribution in [3.8, 4) is 0 Å². The summed E-state index contributed by atoms with van der Waals surface area (Å²) in [6.07, 6.45) is 2.40. The van der Waals surface area contributed by atoms with Crippen molar-refractivity contribution in [3.63, 3.8) is 0 Å². The van der Waals surface area contributed by atoms with E-state index in [-0.39, 0.29) is 5.91 Å². The lowest BCUT2D eigenvalue weighted by Crippen LogP contribution is -2.38. The molecule has 3 aromatic rings. The first kappa shape index (κ1) is 16.1. The Labute approximate surface area is 151 Å². The van der Waals surface area contributed by atoms with Gasteiger partial charge in [-0.1, -0.05) is 24.3 Å². The van der Waals surface area contributed by atoms with Gasteiger partial charge in [-0.15, -0.1) is 11.3 Å². The average molecular weight is 351 g/mol. The number of thiazole rings is 1. The molecule has 2 N–H and O–H groups in total. The Bertz CT molecular complexity index is 864. The van der Waals surface area contributed by atoms with Gasteiger partial charge in [-0.05, 0) is 42.7 Å². The minimum absolute atomic E-state index is 0.188. The molecule has 1 aliphatic heterocycles. The van der Waals surface area contributed by atoms with E-state index in [1.807, 2.05) is 35.2 Å². The number of carbonyl (C=O) groups is 1. The van der Waals surface area contributed by atoms with E-state index in [2.05, 4.69) is 18.2 Å². The van der Waals surface area contributed by atoms with E-state index in [9.17, 15) is 4.79 Å². The molecule has 0 bridgehead atoms. The van der Waals surface area contributed by atoms with Crippen molar-refractivity contribution < 1.29 is 4.79 Å². The number of piperidine rings is 1. The number of nitrogens with zero attached hydrogens (tertiary/aromatic N) is 2. The molecule has 0 atom stereocenters. The monoisotopic (exact) mass is 351 g/mol. The van der Waals surface area contributed by atoms with Crippen LogP contribution in [0.4, 0.5) is 5.69 Å². The minimum Gasteiger partial charge on any atom is -0.399 e. The van der Waals surface area contributed by atoms with Gasteiger partial charge in [0.15, 0.2) is 0 Å². The SMILES string of the molecule is Nc1cccc(CC(=O)N2CCC(c3nc4ccccc4s3)CC2)c1. The second-order valence-corrected chi connectivity index (χ2v) is 7.66. The maximum atomic E-state index is 12.5. The molecule has 128 valence electrons. The second kappa shape index (κ2) is 6.84. The number of fused-ring (bicyclic) bond motifs is 1. The van der Waals surface area contributed by atoms with Gasteiger partial charge in [0.05, 0.1) is 21.6 Å². The predicted molar refractivity (Wildman–Crippen MR) is 103 cm³/mol. The van der Waals surface area contributed by atoms with Gasteiger partial charge in [-0.3, -0.25) is 4.79 Å². The molecule has 0 unspecified atom stereocenters. The first-order valence-corrected chi connectivity index (χ1v) is 9.48. The fraction of sp³-hybridized carbons (Fsp3) is 0.300. The molecule has 1 saturated heterocycles. The third kappa shape index (κ3) is 3.51. The number of nitrogens with two attached hydrogens (primary N) is 1. The zero-order chi connectivity index (χ0) is 17.2. The van der Waals surface area contributed by atoms with Crippen LogP contribution in [0, 0.1) is 0 Å². The molecule has 0 aliphatic carbocycles.